The van der Waals surface area contributed by atoms with Gasteiger partial charge in [-0.2, -0.15) is 0 Å². The normalized spacial score (nSPS) is 19.2. The molecule has 1 saturated carbocycles. The maximum absolute atomic E-state index is 12.3. The molecule has 1 aliphatic heterocycles. The summed E-state index contributed by atoms with van der Waals surface area (Å²) in [6.45, 7) is -0.276. The molecule has 4 N–H and O–H groups in total. The third-order valence-electron chi connectivity index (χ3n) is 6.50. The van der Waals surface area contributed by atoms with E-state index in [1.807, 2.05) is 36.4 Å². The zero-order valence-corrected chi connectivity index (χ0v) is 20.4. The third-order valence-corrected chi connectivity index (χ3v) is 6.50. The number of nitrogens with two attached hydrogens (primary N) is 1. The summed E-state index contributed by atoms with van der Waals surface area (Å²) in [5.74, 6) is -0.715. The number of carbonyl (C=O) groups is 3. The van der Waals surface area contributed by atoms with Crippen molar-refractivity contribution in [3.05, 3.63) is 54.1 Å². The molecule has 4 rings (SSSR count). The third kappa shape index (κ3) is 7.45. The van der Waals surface area contributed by atoms with Gasteiger partial charge in [0.2, 0.25) is 12.7 Å². The second kappa shape index (κ2) is 12.2. The zero-order chi connectivity index (χ0) is 26.2. The average molecular weight is 510 g/mol. The number of ether oxygens (including phenoxy) is 4. The Balaban J connectivity index is 1.16. The quantitative estimate of drug-likeness (QED) is 0.191. The minimum atomic E-state index is -0.852. The maximum atomic E-state index is 12.3. The van der Waals surface area contributed by atoms with E-state index in [0.29, 0.717) is 17.7 Å². The predicted molar refractivity (Wildman–Crippen MR) is 134 cm³/mol. The Bertz CT molecular complexity index is 1110. The SMILES string of the molecule is N=C(N)c1ccc(-c2ccc(OC[C@@H]3C[C@@H](CC(=O)OCOC(=O)OC4CCCC4)C(=O)N3)cc2)cc1. The monoisotopic (exact) mass is 509 g/mol. The van der Waals surface area contributed by atoms with Crippen LogP contribution in [0.3, 0.4) is 0 Å². The molecule has 2 aliphatic rings. The van der Waals surface area contributed by atoms with E-state index in [9.17, 15) is 14.4 Å². The molecule has 2 fully saturated rings. The first-order chi connectivity index (χ1) is 17.9. The van der Waals surface area contributed by atoms with Crippen molar-refractivity contribution in [3.63, 3.8) is 0 Å². The molecule has 1 heterocycles. The molecule has 37 heavy (non-hydrogen) atoms. The van der Waals surface area contributed by atoms with Crippen LogP contribution in [0.5, 0.6) is 5.75 Å². The standard InChI is InChI=1S/C27H31N3O7/c28-25(29)19-7-5-17(6-8-19)18-9-11-22(12-10-18)34-15-21-13-20(26(32)30-21)14-24(31)35-16-36-27(33)37-23-3-1-2-4-23/h5-12,20-21,23H,1-4,13-16H2,(H3,28,29)(H,30,32)/t20-,21-/m0/s1. The Labute approximate surface area is 214 Å². The van der Waals surface area contributed by atoms with E-state index >= 15 is 0 Å². The molecule has 2 aromatic rings. The molecule has 0 unspecified atom stereocenters. The highest BCUT2D eigenvalue weighted by molar-refractivity contribution is 5.95. The van der Waals surface area contributed by atoms with Crippen molar-refractivity contribution in [2.75, 3.05) is 13.4 Å². The first-order valence-corrected chi connectivity index (χ1v) is 12.3. The number of nitrogens with one attached hydrogen (secondary N) is 2. The first kappa shape index (κ1) is 26.0. The number of carbonyl (C=O) groups excluding carboxylic acids is 3. The number of esters is 1. The number of rotatable bonds is 10. The van der Waals surface area contributed by atoms with E-state index in [1.54, 1.807) is 12.1 Å². The highest BCUT2D eigenvalue weighted by Gasteiger charge is 2.34. The number of amides is 1. The van der Waals surface area contributed by atoms with Gasteiger partial charge in [-0.1, -0.05) is 36.4 Å². The van der Waals surface area contributed by atoms with Gasteiger partial charge in [0, 0.05) is 5.56 Å². The smallest absolute Gasteiger partial charge is 0.491 e. The molecule has 2 atom stereocenters. The van der Waals surface area contributed by atoms with Gasteiger partial charge in [0.15, 0.2) is 0 Å². The fraction of sp³-hybridized carbons (Fsp3) is 0.407. The Morgan fingerprint density at radius 3 is 2.27 bits per heavy atom. The maximum Gasteiger partial charge on any atom is 0.511 e. The van der Waals surface area contributed by atoms with E-state index < -0.39 is 24.8 Å². The van der Waals surface area contributed by atoms with Crippen molar-refractivity contribution in [1.29, 1.82) is 5.41 Å². The second-order valence-corrected chi connectivity index (χ2v) is 9.22. The predicted octanol–water partition coefficient (Wildman–Crippen LogP) is 3.51. The molecule has 1 saturated heterocycles. The molecule has 10 nitrogen and oxygen atoms in total. The molecule has 10 heteroatoms. The molecular weight excluding hydrogens is 478 g/mol. The Hall–Kier alpha value is -4.08. The number of hydrogen-bond donors (Lipinski definition) is 3. The summed E-state index contributed by atoms with van der Waals surface area (Å²) in [6, 6.07) is 14.7. The number of hydrogen-bond acceptors (Lipinski definition) is 8. The molecule has 0 bridgehead atoms. The van der Waals surface area contributed by atoms with E-state index in [2.05, 4.69) is 5.32 Å². The van der Waals surface area contributed by atoms with E-state index in [0.717, 1.165) is 36.8 Å². The van der Waals surface area contributed by atoms with Crippen LogP contribution in [-0.4, -0.2) is 49.4 Å². The number of amidine groups is 1. The lowest BCUT2D eigenvalue weighted by atomic mass is 10.0. The second-order valence-electron chi connectivity index (χ2n) is 9.22. The summed E-state index contributed by atoms with van der Waals surface area (Å²) in [7, 11) is 0. The summed E-state index contributed by atoms with van der Waals surface area (Å²) < 4.78 is 20.7. The lowest BCUT2D eigenvalue weighted by Gasteiger charge is -2.13. The summed E-state index contributed by atoms with van der Waals surface area (Å²) >= 11 is 0. The van der Waals surface area contributed by atoms with Gasteiger partial charge in [-0.15, -0.1) is 0 Å². The molecule has 0 spiro atoms. The molecule has 1 amide bonds. The largest absolute Gasteiger partial charge is 0.511 e. The summed E-state index contributed by atoms with van der Waals surface area (Å²) in [6.07, 6.45) is 3.02. The minimum Gasteiger partial charge on any atom is -0.491 e. The van der Waals surface area contributed by atoms with Gasteiger partial charge in [0.25, 0.3) is 0 Å². The molecule has 196 valence electrons. The van der Waals surface area contributed by atoms with Crippen LogP contribution in [0.4, 0.5) is 4.79 Å². The van der Waals surface area contributed by atoms with Crippen LogP contribution in [0.1, 0.15) is 44.1 Å². The number of nitrogen functional groups attached to an aromatic ring is 1. The van der Waals surface area contributed by atoms with E-state index in [-0.39, 0.29) is 36.9 Å². The van der Waals surface area contributed by atoms with Crippen LogP contribution in [-0.2, 0) is 23.8 Å². The fourth-order valence-corrected chi connectivity index (χ4v) is 4.48. The highest BCUT2D eigenvalue weighted by Crippen LogP contribution is 2.25. The van der Waals surface area contributed by atoms with Gasteiger partial charge < -0.3 is 30.0 Å². The van der Waals surface area contributed by atoms with Crippen molar-refractivity contribution in [3.8, 4) is 16.9 Å². The molecular formula is C27H31N3O7. The van der Waals surface area contributed by atoms with Crippen molar-refractivity contribution >= 4 is 23.9 Å². The van der Waals surface area contributed by atoms with Crippen molar-refractivity contribution in [2.45, 2.75) is 50.7 Å². The topological polar surface area (TPSA) is 150 Å². The van der Waals surface area contributed by atoms with E-state index in [1.165, 1.54) is 0 Å². The Morgan fingerprint density at radius 2 is 1.62 bits per heavy atom. The lowest BCUT2D eigenvalue weighted by molar-refractivity contribution is -0.155. The van der Waals surface area contributed by atoms with Gasteiger partial charge in [-0.3, -0.25) is 15.0 Å². The van der Waals surface area contributed by atoms with Gasteiger partial charge >= 0.3 is 12.1 Å². The number of benzene rings is 2. The molecule has 0 radical (unpaired) electrons. The Kier molecular flexibility index (Phi) is 8.60. The Morgan fingerprint density at radius 1 is 0.973 bits per heavy atom. The average Bonchev–Trinajstić information content (AvgIpc) is 3.52. The van der Waals surface area contributed by atoms with Crippen LogP contribution in [0.2, 0.25) is 0 Å². The highest BCUT2D eigenvalue weighted by atomic mass is 16.8. The van der Waals surface area contributed by atoms with Crippen molar-refractivity contribution in [2.24, 2.45) is 11.7 Å². The van der Waals surface area contributed by atoms with Crippen LogP contribution in [0.25, 0.3) is 11.1 Å². The van der Waals surface area contributed by atoms with Crippen molar-refractivity contribution < 1.29 is 33.3 Å². The van der Waals surface area contributed by atoms with Crippen LogP contribution < -0.4 is 15.8 Å². The van der Waals surface area contributed by atoms with Gasteiger partial charge in [-0.25, -0.2) is 4.79 Å². The minimum absolute atomic E-state index is 0.0267. The molecule has 1 aliphatic carbocycles. The lowest BCUT2D eigenvalue weighted by Crippen LogP contribution is -2.31. The van der Waals surface area contributed by atoms with E-state index in [4.69, 9.17) is 30.1 Å². The van der Waals surface area contributed by atoms with Gasteiger partial charge in [0.1, 0.15) is 24.3 Å². The van der Waals surface area contributed by atoms with Gasteiger partial charge in [0.05, 0.1) is 18.4 Å². The van der Waals surface area contributed by atoms with Crippen LogP contribution in [0.15, 0.2) is 48.5 Å². The van der Waals surface area contributed by atoms with Crippen LogP contribution in [0, 0.1) is 11.3 Å². The zero-order valence-electron chi connectivity index (χ0n) is 20.4. The molecule has 0 aromatic heterocycles. The molecule has 2 aromatic carbocycles. The van der Waals surface area contributed by atoms with Gasteiger partial charge in [-0.05, 0) is 55.4 Å². The summed E-state index contributed by atoms with van der Waals surface area (Å²) in [4.78, 5) is 36.0. The van der Waals surface area contributed by atoms with Crippen LogP contribution >= 0.6 is 0 Å². The fourth-order valence-electron chi connectivity index (χ4n) is 4.48. The van der Waals surface area contributed by atoms with Crippen molar-refractivity contribution in [1.82, 2.24) is 5.32 Å². The first-order valence-electron chi connectivity index (χ1n) is 12.3. The summed E-state index contributed by atoms with van der Waals surface area (Å²) in [5, 5.41) is 10.3. The summed E-state index contributed by atoms with van der Waals surface area (Å²) in [5.41, 5.74) is 8.15.